The Morgan fingerprint density at radius 3 is 2.56 bits per heavy atom. The molecule has 3 nitrogen and oxygen atoms in total. The van der Waals surface area contributed by atoms with Gasteiger partial charge in [0.05, 0.1) is 17.8 Å². The molecule has 2 aliphatic rings. The van der Waals surface area contributed by atoms with E-state index in [2.05, 4.69) is 5.32 Å². The van der Waals surface area contributed by atoms with Crippen LogP contribution in [-0.2, 0) is 4.74 Å². The van der Waals surface area contributed by atoms with Gasteiger partial charge in [0, 0.05) is 12.1 Å². The summed E-state index contributed by atoms with van der Waals surface area (Å²) in [5.41, 5.74) is -0.0226. The smallest absolute Gasteiger partial charge is 0.0708 e. The van der Waals surface area contributed by atoms with E-state index in [1.807, 2.05) is 20.8 Å². The maximum Gasteiger partial charge on any atom is 0.0708 e. The second kappa shape index (κ2) is 5.48. The van der Waals surface area contributed by atoms with Gasteiger partial charge >= 0.3 is 0 Å². The van der Waals surface area contributed by atoms with E-state index in [0.29, 0.717) is 6.10 Å². The quantitative estimate of drug-likeness (QED) is 0.811. The molecule has 0 aromatic rings. The Balaban J connectivity index is 1.79. The van der Waals surface area contributed by atoms with Crippen LogP contribution in [0.15, 0.2) is 0 Å². The minimum Gasteiger partial charge on any atom is -0.392 e. The third kappa shape index (κ3) is 3.25. The molecular weight excluding hydrogens is 226 g/mol. The number of ether oxygens (including phenoxy) is 1. The fourth-order valence-electron chi connectivity index (χ4n) is 3.13. The van der Waals surface area contributed by atoms with E-state index in [9.17, 15) is 5.11 Å². The zero-order valence-corrected chi connectivity index (χ0v) is 12.2. The van der Waals surface area contributed by atoms with Gasteiger partial charge in [-0.2, -0.15) is 0 Å². The summed E-state index contributed by atoms with van der Waals surface area (Å²) in [5.74, 6) is 0. The molecule has 2 fully saturated rings. The first-order chi connectivity index (χ1) is 8.44. The molecule has 0 radical (unpaired) electrons. The molecule has 2 rings (SSSR count). The Bertz CT molecular complexity index is 270. The number of rotatable bonds is 4. The molecule has 0 bridgehead atoms. The molecule has 1 saturated carbocycles. The zero-order chi connectivity index (χ0) is 13.2. The van der Waals surface area contributed by atoms with Crippen LogP contribution in [0.5, 0.6) is 0 Å². The highest BCUT2D eigenvalue weighted by molar-refractivity contribution is 4.93. The van der Waals surface area contributed by atoms with Crippen LogP contribution in [-0.4, -0.2) is 35.0 Å². The normalized spacial score (nSPS) is 29.7. The van der Waals surface area contributed by atoms with Gasteiger partial charge in [-0.3, -0.25) is 0 Å². The first kappa shape index (κ1) is 14.3. The van der Waals surface area contributed by atoms with Gasteiger partial charge < -0.3 is 15.2 Å². The van der Waals surface area contributed by atoms with Crippen molar-refractivity contribution < 1.29 is 9.84 Å². The SMILES string of the molecule is CC(O)C(C)(C)NCC1CCC2(CCCCC2)O1. The van der Waals surface area contributed by atoms with Crippen molar-refractivity contribution in [1.82, 2.24) is 5.32 Å². The van der Waals surface area contributed by atoms with E-state index in [1.54, 1.807) is 0 Å². The third-order valence-corrected chi connectivity index (χ3v) is 4.93. The molecule has 2 N–H and O–H groups in total. The van der Waals surface area contributed by atoms with Crippen LogP contribution >= 0.6 is 0 Å². The summed E-state index contributed by atoms with van der Waals surface area (Å²) in [6, 6.07) is 0. The minimum absolute atomic E-state index is 0.208. The van der Waals surface area contributed by atoms with E-state index in [1.165, 1.54) is 44.9 Å². The maximum atomic E-state index is 9.69. The van der Waals surface area contributed by atoms with Crippen molar-refractivity contribution in [3.05, 3.63) is 0 Å². The Labute approximate surface area is 111 Å². The van der Waals surface area contributed by atoms with E-state index >= 15 is 0 Å². The van der Waals surface area contributed by atoms with E-state index in [-0.39, 0.29) is 17.2 Å². The number of hydrogen-bond acceptors (Lipinski definition) is 3. The molecule has 106 valence electrons. The summed E-state index contributed by atoms with van der Waals surface area (Å²) < 4.78 is 6.32. The lowest BCUT2D eigenvalue weighted by atomic mass is 9.83. The van der Waals surface area contributed by atoms with Crippen LogP contribution in [0.4, 0.5) is 0 Å². The summed E-state index contributed by atoms with van der Waals surface area (Å²) >= 11 is 0. The highest BCUT2D eigenvalue weighted by Gasteiger charge is 2.41. The van der Waals surface area contributed by atoms with E-state index in [4.69, 9.17) is 4.74 Å². The molecule has 18 heavy (non-hydrogen) atoms. The van der Waals surface area contributed by atoms with Crippen LogP contribution < -0.4 is 5.32 Å². The van der Waals surface area contributed by atoms with Gasteiger partial charge in [0.25, 0.3) is 0 Å². The lowest BCUT2D eigenvalue weighted by Gasteiger charge is -2.34. The second-order valence-corrected chi connectivity index (χ2v) is 6.80. The summed E-state index contributed by atoms with van der Waals surface area (Å²) in [6.45, 7) is 6.79. The summed E-state index contributed by atoms with van der Waals surface area (Å²) in [6.07, 6.45) is 8.94. The molecule has 3 heteroatoms. The average Bonchev–Trinajstić information content (AvgIpc) is 2.71. The van der Waals surface area contributed by atoms with Crippen molar-refractivity contribution in [3.8, 4) is 0 Å². The van der Waals surface area contributed by atoms with E-state index < -0.39 is 0 Å². The van der Waals surface area contributed by atoms with Gasteiger partial charge in [0.2, 0.25) is 0 Å². The van der Waals surface area contributed by atoms with E-state index in [0.717, 1.165) is 6.54 Å². The Kier molecular flexibility index (Phi) is 4.35. The molecule has 0 aromatic heterocycles. The number of hydrogen-bond donors (Lipinski definition) is 2. The average molecular weight is 255 g/mol. The number of nitrogens with one attached hydrogen (secondary N) is 1. The first-order valence-corrected chi connectivity index (χ1v) is 7.54. The molecule has 2 atom stereocenters. The Morgan fingerprint density at radius 1 is 1.28 bits per heavy atom. The number of aliphatic hydroxyl groups is 1. The van der Waals surface area contributed by atoms with Crippen LogP contribution in [0.1, 0.15) is 65.7 Å². The van der Waals surface area contributed by atoms with Crippen LogP contribution in [0.2, 0.25) is 0 Å². The first-order valence-electron chi connectivity index (χ1n) is 7.54. The predicted molar refractivity (Wildman–Crippen MR) is 73.7 cm³/mol. The monoisotopic (exact) mass is 255 g/mol. The van der Waals surface area contributed by atoms with Crippen molar-refractivity contribution in [1.29, 1.82) is 0 Å². The molecule has 0 aromatic carbocycles. The van der Waals surface area contributed by atoms with Crippen molar-refractivity contribution in [2.24, 2.45) is 0 Å². The van der Waals surface area contributed by atoms with Gasteiger partial charge in [0.1, 0.15) is 0 Å². The summed E-state index contributed by atoms with van der Waals surface area (Å²) in [7, 11) is 0. The van der Waals surface area contributed by atoms with Crippen molar-refractivity contribution in [3.63, 3.8) is 0 Å². The largest absolute Gasteiger partial charge is 0.392 e. The fourth-order valence-corrected chi connectivity index (χ4v) is 3.13. The fraction of sp³-hybridized carbons (Fsp3) is 1.00. The standard InChI is InChI=1S/C15H29NO2/c1-12(17)14(2,3)16-11-13-7-10-15(18-13)8-5-4-6-9-15/h12-13,16-17H,4-11H2,1-3H3. The van der Waals surface area contributed by atoms with Gasteiger partial charge in [-0.15, -0.1) is 0 Å². The second-order valence-electron chi connectivity index (χ2n) is 6.80. The minimum atomic E-state index is -0.345. The molecular formula is C15H29NO2. The van der Waals surface area contributed by atoms with Crippen LogP contribution in [0.3, 0.4) is 0 Å². The van der Waals surface area contributed by atoms with Crippen LogP contribution in [0.25, 0.3) is 0 Å². The number of aliphatic hydroxyl groups excluding tert-OH is 1. The predicted octanol–water partition coefficient (Wildman–Crippen LogP) is 2.62. The zero-order valence-electron chi connectivity index (χ0n) is 12.2. The molecule has 0 amide bonds. The Hall–Kier alpha value is -0.120. The van der Waals surface area contributed by atoms with Gasteiger partial charge in [-0.25, -0.2) is 0 Å². The highest BCUT2D eigenvalue weighted by atomic mass is 16.5. The lowest BCUT2D eigenvalue weighted by Crippen LogP contribution is -2.50. The van der Waals surface area contributed by atoms with Gasteiger partial charge in [-0.05, 0) is 46.5 Å². The molecule has 1 saturated heterocycles. The molecule has 1 spiro atoms. The Morgan fingerprint density at radius 2 is 1.94 bits per heavy atom. The summed E-state index contributed by atoms with van der Waals surface area (Å²) in [4.78, 5) is 0. The molecule has 1 aliphatic carbocycles. The maximum absolute atomic E-state index is 9.69. The lowest BCUT2D eigenvalue weighted by molar-refractivity contribution is -0.0653. The van der Waals surface area contributed by atoms with Gasteiger partial charge in [-0.1, -0.05) is 19.3 Å². The van der Waals surface area contributed by atoms with Crippen molar-refractivity contribution in [2.45, 2.75) is 89.1 Å². The van der Waals surface area contributed by atoms with Gasteiger partial charge in [0.15, 0.2) is 0 Å². The third-order valence-electron chi connectivity index (χ3n) is 4.93. The molecule has 2 unspecified atom stereocenters. The van der Waals surface area contributed by atoms with Crippen molar-refractivity contribution >= 4 is 0 Å². The molecule has 1 heterocycles. The molecule has 1 aliphatic heterocycles. The van der Waals surface area contributed by atoms with Crippen LogP contribution in [0, 0.1) is 0 Å². The topological polar surface area (TPSA) is 41.5 Å². The van der Waals surface area contributed by atoms with Crippen molar-refractivity contribution in [2.75, 3.05) is 6.54 Å². The summed E-state index contributed by atoms with van der Waals surface area (Å²) in [5, 5.41) is 13.1. The highest BCUT2D eigenvalue weighted by Crippen LogP contribution is 2.41.